The molecule has 1 aromatic heterocycles. The van der Waals surface area contributed by atoms with Gasteiger partial charge in [-0.15, -0.1) is 0 Å². The van der Waals surface area contributed by atoms with Crippen LogP contribution in [0.3, 0.4) is 0 Å². The van der Waals surface area contributed by atoms with Gasteiger partial charge >= 0.3 is 0 Å². The molecule has 20 heavy (non-hydrogen) atoms. The number of hydrogen-bond donors (Lipinski definition) is 2. The number of rotatable bonds is 4. The molecule has 2 rings (SSSR count). The Morgan fingerprint density at radius 3 is 2.60 bits per heavy atom. The predicted octanol–water partition coefficient (Wildman–Crippen LogP) is 2.95. The molecule has 2 N–H and O–H groups in total. The Bertz CT molecular complexity index is 737. The quantitative estimate of drug-likeness (QED) is 0.879. The third-order valence-corrected chi connectivity index (χ3v) is 4.78. The third kappa shape index (κ3) is 3.05. The number of halogens is 1. The Balaban J connectivity index is 2.40. The summed E-state index contributed by atoms with van der Waals surface area (Å²) in [6, 6.07) is 6.66. The molecule has 0 saturated carbocycles. The van der Waals surface area contributed by atoms with Crippen LogP contribution in [0.1, 0.15) is 17.1 Å². The Labute approximate surface area is 125 Å². The van der Waals surface area contributed by atoms with Crippen molar-refractivity contribution in [2.45, 2.75) is 25.3 Å². The van der Waals surface area contributed by atoms with Crippen LogP contribution in [0.25, 0.3) is 0 Å². The van der Waals surface area contributed by atoms with Gasteiger partial charge in [0, 0.05) is 10.5 Å². The molecule has 2 aromatic rings. The zero-order valence-corrected chi connectivity index (χ0v) is 13.4. The van der Waals surface area contributed by atoms with Gasteiger partial charge in [-0.1, -0.05) is 22.0 Å². The van der Waals surface area contributed by atoms with Crippen molar-refractivity contribution in [3.8, 4) is 0 Å². The SMILES string of the molecule is Cc1ccc(Br)cc1NS(=O)(=O)c1cc(CO)oc1C. The van der Waals surface area contributed by atoms with Crippen LogP contribution in [0.15, 0.2) is 38.1 Å². The molecule has 7 heteroatoms. The van der Waals surface area contributed by atoms with E-state index in [1.807, 2.05) is 19.1 Å². The normalized spacial score (nSPS) is 11.6. The molecule has 0 radical (unpaired) electrons. The van der Waals surface area contributed by atoms with E-state index in [0.717, 1.165) is 10.0 Å². The van der Waals surface area contributed by atoms with Gasteiger partial charge in [0.1, 0.15) is 23.0 Å². The summed E-state index contributed by atoms with van der Waals surface area (Å²) in [5.74, 6) is 0.461. The van der Waals surface area contributed by atoms with E-state index in [1.165, 1.54) is 6.07 Å². The molecule has 0 bridgehead atoms. The first kappa shape index (κ1) is 15.1. The molecule has 5 nitrogen and oxygen atoms in total. The van der Waals surface area contributed by atoms with Crippen molar-refractivity contribution in [2.24, 2.45) is 0 Å². The molecule has 0 unspecified atom stereocenters. The molecule has 0 aliphatic rings. The van der Waals surface area contributed by atoms with Gasteiger partial charge in [0.2, 0.25) is 0 Å². The number of benzene rings is 1. The lowest BCUT2D eigenvalue weighted by atomic mass is 10.2. The lowest BCUT2D eigenvalue weighted by Crippen LogP contribution is -2.14. The fraction of sp³-hybridized carbons (Fsp3) is 0.231. The molecular weight excluding hydrogens is 346 g/mol. The van der Waals surface area contributed by atoms with E-state index < -0.39 is 10.0 Å². The number of furan rings is 1. The van der Waals surface area contributed by atoms with Crippen molar-refractivity contribution in [1.29, 1.82) is 0 Å². The van der Waals surface area contributed by atoms with E-state index in [4.69, 9.17) is 9.52 Å². The number of sulfonamides is 1. The summed E-state index contributed by atoms with van der Waals surface area (Å²) in [4.78, 5) is 0.0286. The standard InChI is InChI=1S/C13H14BrNO4S/c1-8-3-4-10(14)5-12(8)15-20(17,18)13-6-11(7-16)19-9(13)2/h3-6,15-16H,7H2,1-2H3. The van der Waals surface area contributed by atoms with Crippen molar-refractivity contribution in [2.75, 3.05) is 4.72 Å². The minimum absolute atomic E-state index is 0.0286. The highest BCUT2D eigenvalue weighted by molar-refractivity contribution is 9.10. The van der Waals surface area contributed by atoms with Crippen LogP contribution in [0.5, 0.6) is 0 Å². The second-order valence-corrected chi connectivity index (χ2v) is 6.92. The first-order valence-corrected chi connectivity index (χ1v) is 8.10. The van der Waals surface area contributed by atoms with Crippen molar-refractivity contribution < 1.29 is 17.9 Å². The molecule has 0 saturated heterocycles. The molecule has 0 atom stereocenters. The summed E-state index contributed by atoms with van der Waals surface area (Å²) in [6.45, 7) is 3.01. The summed E-state index contributed by atoms with van der Waals surface area (Å²) in [7, 11) is -3.75. The summed E-state index contributed by atoms with van der Waals surface area (Å²) in [5, 5.41) is 9.00. The van der Waals surface area contributed by atoms with Gasteiger partial charge in [-0.2, -0.15) is 0 Å². The van der Waals surface area contributed by atoms with Gasteiger partial charge < -0.3 is 9.52 Å². The molecule has 0 aliphatic carbocycles. The Morgan fingerprint density at radius 2 is 2.00 bits per heavy atom. The van der Waals surface area contributed by atoms with Crippen LogP contribution < -0.4 is 4.72 Å². The number of hydrogen-bond acceptors (Lipinski definition) is 4. The lowest BCUT2D eigenvalue weighted by molar-refractivity contribution is 0.245. The van der Waals surface area contributed by atoms with Crippen LogP contribution in [0, 0.1) is 13.8 Å². The molecule has 108 valence electrons. The average Bonchev–Trinajstić information content (AvgIpc) is 2.76. The number of aryl methyl sites for hydroxylation is 2. The van der Waals surface area contributed by atoms with Gasteiger partial charge in [0.25, 0.3) is 10.0 Å². The lowest BCUT2D eigenvalue weighted by Gasteiger charge is -2.10. The molecule has 1 heterocycles. The Kier molecular flexibility index (Phi) is 4.22. The van der Waals surface area contributed by atoms with Gasteiger partial charge in [0.05, 0.1) is 5.69 Å². The maximum Gasteiger partial charge on any atom is 0.265 e. The van der Waals surface area contributed by atoms with Crippen LogP contribution in [-0.2, 0) is 16.6 Å². The number of nitrogens with one attached hydrogen (secondary N) is 1. The summed E-state index contributed by atoms with van der Waals surface area (Å²) in [5.41, 5.74) is 1.30. The van der Waals surface area contributed by atoms with Crippen molar-refractivity contribution in [3.63, 3.8) is 0 Å². The second-order valence-electron chi connectivity index (χ2n) is 4.36. The predicted molar refractivity (Wildman–Crippen MR) is 79.1 cm³/mol. The van der Waals surface area contributed by atoms with E-state index in [1.54, 1.807) is 13.0 Å². The summed E-state index contributed by atoms with van der Waals surface area (Å²) in [6.07, 6.45) is 0. The van der Waals surface area contributed by atoms with E-state index in [9.17, 15) is 8.42 Å². The van der Waals surface area contributed by atoms with Crippen molar-refractivity contribution in [1.82, 2.24) is 0 Å². The zero-order chi connectivity index (χ0) is 14.9. The average molecular weight is 360 g/mol. The topological polar surface area (TPSA) is 79.5 Å². The highest BCUT2D eigenvalue weighted by atomic mass is 79.9. The zero-order valence-electron chi connectivity index (χ0n) is 11.0. The maximum atomic E-state index is 12.3. The molecule has 0 amide bonds. The smallest absolute Gasteiger partial charge is 0.265 e. The molecule has 0 spiro atoms. The maximum absolute atomic E-state index is 12.3. The van der Waals surface area contributed by atoms with Crippen LogP contribution in [0.2, 0.25) is 0 Å². The Morgan fingerprint density at radius 1 is 1.30 bits per heavy atom. The van der Waals surface area contributed by atoms with E-state index in [0.29, 0.717) is 5.69 Å². The molecule has 0 aliphatic heterocycles. The minimum atomic E-state index is -3.75. The van der Waals surface area contributed by atoms with Gasteiger partial charge in [0.15, 0.2) is 0 Å². The van der Waals surface area contributed by atoms with Crippen molar-refractivity contribution >= 4 is 31.6 Å². The monoisotopic (exact) mass is 359 g/mol. The number of aliphatic hydroxyl groups excluding tert-OH is 1. The van der Waals surface area contributed by atoms with Crippen molar-refractivity contribution in [3.05, 3.63) is 45.8 Å². The van der Waals surface area contributed by atoms with E-state index in [-0.39, 0.29) is 23.0 Å². The number of aliphatic hydroxyl groups is 1. The Hall–Kier alpha value is -1.31. The molecular formula is C13H14BrNO4S. The molecule has 0 fully saturated rings. The highest BCUT2D eigenvalue weighted by Gasteiger charge is 2.22. The fourth-order valence-electron chi connectivity index (χ4n) is 1.77. The summed E-state index contributed by atoms with van der Waals surface area (Å²) >= 11 is 3.30. The number of anilines is 1. The van der Waals surface area contributed by atoms with Gasteiger partial charge in [-0.25, -0.2) is 8.42 Å². The first-order valence-electron chi connectivity index (χ1n) is 5.82. The van der Waals surface area contributed by atoms with Crippen LogP contribution in [-0.4, -0.2) is 13.5 Å². The van der Waals surface area contributed by atoms with Crippen LogP contribution in [0.4, 0.5) is 5.69 Å². The third-order valence-electron chi connectivity index (χ3n) is 2.81. The van der Waals surface area contributed by atoms with E-state index in [2.05, 4.69) is 20.7 Å². The summed E-state index contributed by atoms with van der Waals surface area (Å²) < 4.78 is 33.2. The van der Waals surface area contributed by atoms with Gasteiger partial charge in [-0.3, -0.25) is 4.72 Å². The second kappa shape index (κ2) is 5.59. The highest BCUT2D eigenvalue weighted by Crippen LogP contribution is 2.26. The van der Waals surface area contributed by atoms with E-state index >= 15 is 0 Å². The molecule has 1 aromatic carbocycles. The van der Waals surface area contributed by atoms with Gasteiger partial charge in [-0.05, 0) is 31.5 Å². The minimum Gasteiger partial charge on any atom is -0.462 e. The fourth-order valence-corrected chi connectivity index (χ4v) is 3.46. The van der Waals surface area contributed by atoms with Crippen LogP contribution >= 0.6 is 15.9 Å². The largest absolute Gasteiger partial charge is 0.462 e. The first-order chi connectivity index (χ1) is 9.33.